The maximum Gasteiger partial charge on any atom is 0.243 e. The van der Waals surface area contributed by atoms with Crippen molar-refractivity contribution in [2.24, 2.45) is 22.9 Å². The van der Waals surface area contributed by atoms with Gasteiger partial charge in [-0.25, -0.2) is 5.43 Å². The van der Waals surface area contributed by atoms with Gasteiger partial charge in [-0.1, -0.05) is 62.9 Å². The number of amides is 1. The number of unbranched alkanes of at least 4 members (excludes halogenated alkanes) is 2. The molecule has 1 aromatic carbocycles. The molecule has 3 rings (SSSR count). The SMILES string of the molecule is CCCCC/C(=N/NC(=O)C1[C@H]2CCCC[C@@H]12)c1ccccc1. The predicted molar refractivity (Wildman–Crippen MR) is 94.2 cm³/mol. The molecule has 0 radical (unpaired) electrons. The first-order valence-corrected chi connectivity index (χ1v) is 9.23. The summed E-state index contributed by atoms with van der Waals surface area (Å²) in [5, 5.41) is 4.50. The van der Waals surface area contributed by atoms with Crippen LogP contribution in [0, 0.1) is 17.8 Å². The smallest absolute Gasteiger partial charge is 0.243 e. The van der Waals surface area contributed by atoms with Crippen molar-refractivity contribution in [2.45, 2.75) is 58.3 Å². The molecule has 0 aromatic heterocycles. The summed E-state index contributed by atoms with van der Waals surface area (Å²) in [7, 11) is 0. The van der Waals surface area contributed by atoms with Gasteiger partial charge in [0.1, 0.15) is 0 Å². The van der Waals surface area contributed by atoms with E-state index in [2.05, 4.69) is 29.6 Å². The quantitative estimate of drug-likeness (QED) is 0.449. The van der Waals surface area contributed by atoms with Crippen molar-refractivity contribution in [3.05, 3.63) is 35.9 Å². The number of nitrogens with one attached hydrogen (secondary N) is 1. The van der Waals surface area contributed by atoms with E-state index < -0.39 is 0 Å². The summed E-state index contributed by atoms with van der Waals surface area (Å²) >= 11 is 0. The Morgan fingerprint density at radius 2 is 1.83 bits per heavy atom. The summed E-state index contributed by atoms with van der Waals surface area (Å²) in [5.41, 5.74) is 5.01. The Morgan fingerprint density at radius 3 is 2.48 bits per heavy atom. The zero-order valence-corrected chi connectivity index (χ0v) is 14.1. The fourth-order valence-corrected chi connectivity index (χ4v) is 4.02. The molecular weight excluding hydrogens is 284 g/mol. The van der Waals surface area contributed by atoms with Crippen LogP contribution in [-0.2, 0) is 4.79 Å². The molecule has 2 aliphatic carbocycles. The van der Waals surface area contributed by atoms with Gasteiger partial charge in [0, 0.05) is 5.92 Å². The molecule has 2 aliphatic rings. The van der Waals surface area contributed by atoms with Crippen LogP contribution >= 0.6 is 0 Å². The number of rotatable bonds is 7. The topological polar surface area (TPSA) is 41.5 Å². The first-order chi connectivity index (χ1) is 11.3. The predicted octanol–water partition coefficient (Wildman–Crippen LogP) is 4.52. The van der Waals surface area contributed by atoms with Crippen LogP contribution in [0.15, 0.2) is 35.4 Å². The molecule has 3 heteroatoms. The van der Waals surface area contributed by atoms with E-state index in [1.165, 1.54) is 38.5 Å². The van der Waals surface area contributed by atoms with Gasteiger partial charge in [0.25, 0.3) is 0 Å². The summed E-state index contributed by atoms with van der Waals surface area (Å²) < 4.78 is 0. The standard InChI is InChI=1S/C20H28N2O/c1-2-3-5-14-18(15-10-6-4-7-11-15)21-22-20(23)19-16-12-8-9-13-17(16)19/h4,6-7,10-11,16-17,19H,2-3,5,8-9,12-14H2,1H3,(H,22,23)/b21-18-/t16-,17+,19?. The maximum atomic E-state index is 12.4. The lowest BCUT2D eigenvalue weighted by molar-refractivity contribution is -0.122. The van der Waals surface area contributed by atoms with E-state index in [9.17, 15) is 4.79 Å². The van der Waals surface area contributed by atoms with Gasteiger partial charge in [0.2, 0.25) is 5.91 Å². The second kappa shape index (κ2) is 7.76. The van der Waals surface area contributed by atoms with Gasteiger partial charge in [0.15, 0.2) is 0 Å². The molecule has 3 atom stereocenters. The van der Waals surface area contributed by atoms with Gasteiger partial charge in [-0.15, -0.1) is 0 Å². The van der Waals surface area contributed by atoms with Gasteiger partial charge in [-0.2, -0.15) is 5.10 Å². The Balaban J connectivity index is 1.62. The Morgan fingerprint density at radius 1 is 1.13 bits per heavy atom. The Labute approximate surface area is 139 Å². The van der Waals surface area contributed by atoms with Crippen molar-refractivity contribution in [3.8, 4) is 0 Å². The Bertz CT molecular complexity index is 540. The number of nitrogens with zero attached hydrogens (tertiary/aromatic N) is 1. The zero-order chi connectivity index (χ0) is 16.1. The van der Waals surface area contributed by atoms with Crippen molar-refractivity contribution in [1.82, 2.24) is 5.43 Å². The third-order valence-corrected chi connectivity index (χ3v) is 5.38. The minimum absolute atomic E-state index is 0.144. The summed E-state index contributed by atoms with van der Waals surface area (Å²) in [6, 6.07) is 10.2. The minimum atomic E-state index is 0.144. The average Bonchev–Trinajstić information content (AvgIpc) is 3.33. The van der Waals surface area contributed by atoms with Crippen molar-refractivity contribution >= 4 is 11.6 Å². The lowest BCUT2D eigenvalue weighted by Crippen LogP contribution is -2.23. The van der Waals surface area contributed by atoms with E-state index in [0.717, 1.165) is 24.1 Å². The second-order valence-electron chi connectivity index (χ2n) is 7.00. The van der Waals surface area contributed by atoms with Crippen LogP contribution in [0.3, 0.4) is 0 Å². The Hall–Kier alpha value is -1.64. The van der Waals surface area contributed by atoms with Crippen molar-refractivity contribution in [1.29, 1.82) is 0 Å². The number of hydrogen-bond acceptors (Lipinski definition) is 2. The van der Waals surface area contributed by atoms with Crippen LogP contribution in [0.2, 0.25) is 0 Å². The highest BCUT2D eigenvalue weighted by molar-refractivity contribution is 6.01. The third-order valence-electron chi connectivity index (χ3n) is 5.38. The van der Waals surface area contributed by atoms with Crippen LogP contribution < -0.4 is 5.43 Å². The monoisotopic (exact) mass is 312 g/mol. The molecule has 3 nitrogen and oxygen atoms in total. The molecule has 23 heavy (non-hydrogen) atoms. The molecule has 2 saturated carbocycles. The third kappa shape index (κ3) is 4.01. The van der Waals surface area contributed by atoms with E-state index in [-0.39, 0.29) is 11.8 Å². The first kappa shape index (κ1) is 16.2. The van der Waals surface area contributed by atoms with Crippen LogP contribution in [0.1, 0.15) is 63.9 Å². The molecule has 2 fully saturated rings. The summed E-state index contributed by atoms with van der Waals surface area (Å²) in [6.45, 7) is 2.20. The van der Waals surface area contributed by atoms with Gasteiger partial charge < -0.3 is 0 Å². The highest BCUT2D eigenvalue weighted by Crippen LogP contribution is 2.55. The van der Waals surface area contributed by atoms with Gasteiger partial charge in [0.05, 0.1) is 5.71 Å². The van der Waals surface area contributed by atoms with Crippen LogP contribution in [-0.4, -0.2) is 11.6 Å². The lowest BCUT2D eigenvalue weighted by Gasteiger charge is -2.07. The fraction of sp³-hybridized carbons (Fsp3) is 0.600. The number of fused-ring (bicyclic) bond motifs is 1. The van der Waals surface area contributed by atoms with Crippen molar-refractivity contribution in [3.63, 3.8) is 0 Å². The fourth-order valence-electron chi connectivity index (χ4n) is 4.02. The van der Waals surface area contributed by atoms with Crippen LogP contribution in [0.4, 0.5) is 0 Å². The maximum absolute atomic E-state index is 12.4. The second-order valence-corrected chi connectivity index (χ2v) is 7.00. The molecule has 0 bridgehead atoms. The molecular formula is C20H28N2O. The molecule has 0 spiro atoms. The molecule has 0 saturated heterocycles. The number of benzene rings is 1. The van der Waals surface area contributed by atoms with E-state index in [4.69, 9.17) is 0 Å². The van der Waals surface area contributed by atoms with Crippen molar-refractivity contribution in [2.75, 3.05) is 0 Å². The normalized spacial score (nSPS) is 26.5. The summed E-state index contributed by atoms with van der Waals surface area (Å²) in [6.07, 6.45) is 9.49. The van der Waals surface area contributed by atoms with Crippen LogP contribution in [0.25, 0.3) is 0 Å². The zero-order valence-electron chi connectivity index (χ0n) is 14.1. The first-order valence-electron chi connectivity index (χ1n) is 9.23. The summed E-state index contributed by atoms with van der Waals surface area (Å²) in [4.78, 5) is 12.4. The van der Waals surface area contributed by atoms with Gasteiger partial charge in [-0.3, -0.25) is 4.79 Å². The van der Waals surface area contributed by atoms with E-state index in [1.807, 2.05) is 18.2 Å². The minimum Gasteiger partial charge on any atom is -0.273 e. The molecule has 1 amide bonds. The van der Waals surface area contributed by atoms with Crippen LogP contribution in [0.5, 0.6) is 0 Å². The number of hydrogen-bond donors (Lipinski definition) is 1. The van der Waals surface area contributed by atoms with Gasteiger partial charge in [-0.05, 0) is 43.1 Å². The van der Waals surface area contributed by atoms with Crippen molar-refractivity contribution < 1.29 is 4.79 Å². The molecule has 0 aliphatic heterocycles. The number of hydrazone groups is 1. The van der Waals surface area contributed by atoms with E-state index >= 15 is 0 Å². The molecule has 1 aromatic rings. The summed E-state index contributed by atoms with van der Waals surface area (Å²) in [5.74, 6) is 1.65. The molecule has 0 heterocycles. The van der Waals surface area contributed by atoms with Gasteiger partial charge >= 0.3 is 0 Å². The highest BCUT2D eigenvalue weighted by Gasteiger charge is 2.54. The highest BCUT2D eigenvalue weighted by atomic mass is 16.2. The molecule has 1 unspecified atom stereocenters. The number of carbonyl (C=O) groups excluding carboxylic acids is 1. The molecule has 1 N–H and O–H groups in total. The van der Waals surface area contributed by atoms with E-state index in [0.29, 0.717) is 11.8 Å². The molecule has 124 valence electrons. The Kier molecular flexibility index (Phi) is 5.47. The average molecular weight is 312 g/mol. The lowest BCUT2D eigenvalue weighted by atomic mass is 10.0. The van der Waals surface area contributed by atoms with E-state index in [1.54, 1.807) is 0 Å². The largest absolute Gasteiger partial charge is 0.273 e. The number of carbonyl (C=O) groups is 1.